The molecule has 35 heavy (non-hydrogen) atoms. The third-order valence-corrected chi connectivity index (χ3v) is 4.84. The number of amides is 2. The van der Waals surface area contributed by atoms with Crippen LogP contribution in [0.2, 0.25) is 0 Å². The average molecular weight is 479 g/mol. The molecular weight excluding hydrogens is 458 g/mol. The third kappa shape index (κ3) is 5.52. The van der Waals surface area contributed by atoms with Gasteiger partial charge in [0.1, 0.15) is 5.76 Å². The van der Waals surface area contributed by atoms with E-state index in [0.29, 0.717) is 12.3 Å². The van der Waals surface area contributed by atoms with Crippen molar-refractivity contribution in [3.63, 3.8) is 0 Å². The number of ether oxygens (including phenoxy) is 1. The maximum Gasteiger partial charge on any atom is 0.311 e. The first-order valence-electron chi connectivity index (χ1n) is 10.5. The maximum absolute atomic E-state index is 12.8. The number of furan rings is 1. The van der Waals surface area contributed by atoms with Crippen LogP contribution in [0.1, 0.15) is 33.7 Å². The van der Waals surface area contributed by atoms with E-state index in [1.807, 2.05) is 6.92 Å². The number of anilines is 1. The highest BCUT2D eigenvalue weighted by molar-refractivity contribution is 6.07. The molecule has 180 valence electrons. The number of nitrogens with zero attached hydrogens (tertiary/aromatic N) is 5. The van der Waals surface area contributed by atoms with E-state index in [-0.39, 0.29) is 41.8 Å². The van der Waals surface area contributed by atoms with Crippen LogP contribution in [0.25, 0.3) is 0 Å². The zero-order chi connectivity index (χ0) is 24.8. The summed E-state index contributed by atoms with van der Waals surface area (Å²) in [4.78, 5) is 36.0. The summed E-state index contributed by atoms with van der Waals surface area (Å²) in [5.41, 5.74) is 0.149. The van der Waals surface area contributed by atoms with Crippen molar-refractivity contribution in [1.82, 2.24) is 24.9 Å². The molecule has 3 heterocycles. The lowest BCUT2D eigenvalue weighted by molar-refractivity contribution is -0.386. The highest BCUT2D eigenvalue weighted by atomic mass is 16.6. The molecule has 0 bridgehead atoms. The number of hydrogen-bond acceptors (Lipinski definition) is 8. The van der Waals surface area contributed by atoms with E-state index in [4.69, 9.17) is 9.15 Å². The Bertz CT molecular complexity index is 1340. The van der Waals surface area contributed by atoms with Gasteiger partial charge in [0.25, 0.3) is 11.8 Å². The Morgan fingerprint density at radius 3 is 2.69 bits per heavy atom. The lowest BCUT2D eigenvalue weighted by Gasteiger charge is -2.06. The number of nitrogens with one attached hydrogen (secondary N) is 2. The number of benzene rings is 1. The Kier molecular flexibility index (Phi) is 6.86. The quantitative estimate of drug-likeness (QED) is 0.259. The van der Waals surface area contributed by atoms with Crippen LogP contribution >= 0.6 is 0 Å². The van der Waals surface area contributed by atoms with Crippen molar-refractivity contribution >= 4 is 23.2 Å². The fourth-order valence-electron chi connectivity index (χ4n) is 3.11. The second-order valence-corrected chi connectivity index (χ2v) is 7.20. The summed E-state index contributed by atoms with van der Waals surface area (Å²) in [6, 6.07) is 10.8. The highest BCUT2D eigenvalue weighted by Crippen LogP contribution is 2.26. The van der Waals surface area contributed by atoms with Crippen LogP contribution in [-0.4, -0.2) is 36.3 Å². The number of para-hydroxylation sites is 2. The second-order valence-electron chi connectivity index (χ2n) is 7.20. The Balaban J connectivity index is 1.41. The lowest BCUT2D eigenvalue weighted by atomic mass is 10.3. The van der Waals surface area contributed by atoms with Gasteiger partial charge in [-0.05, 0) is 31.2 Å². The number of nitro groups is 1. The molecule has 0 fully saturated rings. The largest absolute Gasteiger partial charge is 0.467 e. The van der Waals surface area contributed by atoms with Crippen molar-refractivity contribution in [3.05, 3.63) is 88.4 Å². The summed E-state index contributed by atoms with van der Waals surface area (Å²) in [6.07, 6.45) is 4.55. The zero-order valence-corrected chi connectivity index (χ0v) is 18.6. The van der Waals surface area contributed by atoms with Crippen LogP contribution in [0.3, 0.4) is 0 Å². The van der Waals surface area contributed by atoms with Gasteiger partial charge in [-0.1, -0.05) is 12.1 Å². The molecular formula is C22H21N7O6. The summed E-state index contributed by atoms with van der Waals surface area (Å²) < 4.78 is 13.5. The molecule has 0 saturated heterocycles. The van der Waals surface area contributed by atoms with Crippen LogP contribution in [0.5, 0.6) is 5.75 Å². The van der Waals surface area contributed by atoms with E-state index in [1.165, 1.54) is 46.1 Å². The van der Waals surface area contributed by atoms with Gasteiger partial charge in [0.05, 0.1) is 23.4 Å². The molecule has 2 amide bonds. The molecule has 0 aliphatic heterocycles. The normalized spacial score (nSPS) is 10.7. The van der Waals surface area contributed by atoms with Gasteiger partial charge in [0.2, 0.25) is 0 Å². The first kappa shape index (κ1) is 23.2. The predicted octanol–water partition coefficient (Wildman–Crippen LogP) is 2.82. The summed E-state index contributed by atoms with van der Waals surface area (Å²) in [5.74, 6) is -0.388. The van der Waals surface area contributed by atoms with Gasteiger partial charge >= 0.3 is 5.69 Å². The number of carbonyl (C=O) groups is 2. The molecule has 1 aromatic carbocycles. The average Bonchev–Trinajstić information content (AvgIpc) is 3.62. The number of hydrogen-bond donors (Lipinski definition) is 2. The molecule has 3 aromatic heterocycles. The summed E-state index contributed by atoms with van der Waals surface area (Å²) in [6.45, 7) is 2.36. The SMILES string of the molecule is CCn1cc(NC(=O)c2ccn(COc3ccccc3[N+](=O)[O-])n2)c(C(=O)NCc2ccco2)n1. The van der Waals surface area contributed by atoms with Crippen LogP contribution < -0.4 is 15.4 Å². The monoisotopic (exact) mass is 479 g/mol. The van der Waals surface area contributed by atoms with E-state index in [2.05, 4.69) is 20.8 Å². The Hall–Kier alpha value is -4.94. The Morgan fingerprint density at radius 1 is 1.11 bits per heavy atom. The smallest absolute Gasteiger partial charge is 0.311 e. The van der Waals surface area contributed by atoms with Gasteiger partial charge in [-0.3, -0.25) is 24.4 Å². The summed E-state index contributed by atoms with van der Waals surface area (Å²) in [5, 5.41) is 24.8. The van der Waals surface area contributed by atoms with Gasteiger partial charge in [-0.15, -0.1) is 0 Å². The van der Waals surface area contributed by atoms with Gasteiger partial charge in [-0.25, -0.2) is 4.68 Å². The van der Waals surface area contributed by atoms with Crippen LogP contribution in [0.15, 0.2) is 65.5 Å². The maximum atomic E-state index is 12.8. The first-order chi connectivity index (χ1) is 16.9. The third-order valence-electron chi connectivity index (χ3n) is 4.84. The van der Waals surface area contributed by atoms with Crippen molar-refractivity contribution in [3.8, 4) is 5.75 Å². The minimum atomic E-state index is -0.565. The summed E-state index contributed by atoms with van der Waals surface area (Å²) in [7, 11) is 0. The van der Waals surface area contributed by atoms with Gasteiger partial charge < -0.3 is 19.8 Å². The van der Waals surface area contributed by atoms with E-state index in [1.54, 1.807) is 24.4 Å². The minimum absolute atomic E-state index is 0.0471. The second kappa shape index (κ2) is 10.3. The molecule has 4 rings (SSSR count). The number of nitro benzene ring substituents is 1. The van der Waals surface area contributed by atoms with E-state index < -0.39 is 16.7 Å². The molecule has 0 spiro atoms. The predicted molar refractivity (Wildman–Crippen MR) is 122 cm³/mol. The molecule has 0 atom stereocenters. The molecule has 0 aliphatic carbocycles. The number of aromatic nitrogens is 4. The minimum Gasteiger partial charge on any atom is -0.467 e. The molecule has 13 nitrogen and oxygen atoms in total. The highest BCUT2D eigenvalue weighted by Gasteiger charge is 2.20. The molecule has 0 aliphatic rings. The standard InChI is InChI=1S/C22H21N7O6/c1-2-27-13-17(20(26-27)22(31)23-12-15-6-5-11-34-15)24-21(30)16-9-10-28(25-16)14-35-19-8-4-3-7-18(19)29(32)33/h3-11,13H,2,12,14H2,1H3,(H,23,31)(H,24,30). The van der Waals surface area contributed by atoms with E-state index >= 15 is 0 Å². The van der Waals surface area contributed by atoms with Crippen molar-refractivity contribution in [2.45, 2.75) is 26.7 Å². The molecule has 0 unspecified atom stereocenters. The Morgan fingerprint density at radius 2 is 1.94 bits per heavy atom. The van der Waals surface area contributed by atoms with Crippen LogP contribution in [0.4, 0.5) is 11.4 Å². The molecule has 4 aromatic rings. The van der Waals surface area contributed by atoms with Crippen molar-refractivity contribution in [2.24, 2.45) is 0 Å². The van der Waals surface area contributed by atoms with Crippen molar-refractivity contribution in [1.29, 1.82) is 0 Å². The van der Waals surface area contributed by atoms with Gasteiger partial charge in [0, 0.05) is 25.0 Å². The lowest BCUT2D eigenvalue weighted by Crippen LogP contribution is -2.25. The first-order valence-corrected chi connectivity index (χ1v) is 10.5. The van der Waals surface area contributed by atoms with E-state index in [9.17, 15) is 19.7 Å². The topological polar surface area (TPSA) is 159 Å². The zero-order valence-electron chi connectivity index (χ0n) is 18.6. The number of rotatable bonds is 10. The van der Waals surface area contributed by atoms with Gasteiger partial charge in [-0.2, -0.15) is 10.2 Å². The fraction of sp³-hybridized carbons (Fsp3) is 0.182. The fourth-order valence-corrected chi connectivity index (χ4v) is 3.11. The van der Waals surface area contributed by atoms with E-state index in [0.717, 1.165) is 0 Å². The van der Waals surface area contributed by atoms with Crippen LogP contribution in [0, 0.1) is 10.1 Å². The molecule has 0 radical (unpaired) electrons. The number of aryl methyl sites for hydroxylation is 1. The van der Waals surface area contributed by atoms with Crippen LogP contribution in [-0.2, 0) is 19.8 Å². The number of carbonyl (C=O) groups excluding carboxylic acids is 2. The van der Waals surface area contributed by atoms with Gasteiger partial charge in [0.15, 0.2) is 23.9 Å². The van der Waals surface area contributed by atoms with Crippen molar-refractivity contribution < 1.29 is 23.7 Å². The van der Waals surface area contributed by atoms with Crippen molar-refractivity contribution in [2.75, 3.05) is 5.32 Å². The molecule has 2 N–H and O–H groups in total. The Labute approximate surface area is 198 Å². The molecule has 0 saturated carbocycles. The molecule has 13 heteroatoms. The summed E-state index contributed by atoms with van der Waals surface area (Å²) >= 11 is 0.